The number of unbranched alkanes of at least 4 members (excludes halogenated alkanes) is 10. The standard InChI is InChI=1S/C28H38O3/c1-2-3-4-5-6-7-8-9-10-11-15-18-28(30)31-23-27(29)26-21-19-25(20-22-26)24-16-13-12-14-17-24/h12-14,16-17,19-22H,2-11,15,18,23H2,1H3. The molecule has 0 unspecified atom stereocenters. The highest BCUT2D eigenvalue weighted by molar-refractivity contribution is 5.98. The van der Waals surface area contributed by atoms with E-state index in [9.17, 15) is 9.59 Å². The van der Waals surface area contributed by atoms with Crippen molar-refractivity contribution in [2.75, 3.05) is 6.61 Å². The molecule has 0 heterocycles. The van der Waals surface area contributed by atoms with Crippen molar-refractivity contribution < 1.29 is 14.3 Å². The average Bonchev–Trinajstić information content (AvgIpc) is 2.81. The Hall–Kier alpha value is -2.42. The molecular formula is C28H38O3. The van der Waals surface area contributed by atoms with Crippen molar-refractivity contribution in [3.05, 3.63) is 60.2 Å². The second-order valence-corrected chi connectivity index (χ2v) is 8.31. The first-order valence-electron chi connectivity index (χ1n) is 12.0. The molecule has 2 aromatic rings. The second-order valence-electron chi connectivity index (χ2n) is 8.31. The molecule has 0 aliphatic heterocycles. The van der Waals surface area contributed by atoms with E-state index in [-0.39, 0.29) is 18.4 Å². The van der Waals surface area contributed by atoms with Gasteiger partial charge in [-0.15, -0.1) is 0 Å². The van der Waals surface area contributed by atoms with Crippen LogP contribution in [0.1, 0.15) is 94.3 Å². The number of benzene rings is 2. The third-order valence-corrected chi connectivity index (χ3v) is 5.66. The molecule has 0 spiro atoms. The van der Waals surface area contributed by atoms with Gasteiger partial charge in [0.05, 0.1) is 0 Å². The summed E-state index contributed by atoms with van der Waals surface area (Å²) in [7, 11) is 0. The number of hydrogen-bond acceptors (Lipinski definition) is 3. The molecule has 3 heteroatoms. The van der Waals surface area contributed by atoms with Crippen molar-refractivity contribution in [3.63, 3.8) is 0 Å². The molecule has 0 saturated carbocycles. The van der Waals surface area contributed by atoms with Gasteiger partial charge in [0, 0.05) is 12.0 Å². The SMILES string of the molecule is CCCCCCCCCCCCCC(=O)OCC(=O)c1ccc(-c2ccccc2)cc1. The lowest BCUT2D eigenvalue weighted by Gasteiger charge is -2.06. The predicted octanol–water partition coefficient (Wildman–Crippen LogP) is 7.78. The largest absolute Gasteiger partial charge is 0.457 e. The molecule has 0 aliphatic rings. The van der Waals surface area contributed by atoms with Crippen LogP contribution in [0.5, 0.6) is 0 Å². The van der Waals surface area contributed by atoms with Crippen LogP contribution < -0.4 is 0 Å². The maximum atomic E-state index is 12.3. The summed E-state index contributed by atoms with van der Waals surface area (Å²) in [6.45, 7) is 2.07. The Morgan fingerprint density at radius 1 is 0.645 bits per heavy atom. The van der Waals surface area contributed by atoms with Crippen LogP contribution in [-0.2, 0) is 9.53 Å². The summed E-state index contributed by atoms with van der Waals surface area (Å²) in [5, 5.41) is 0. The molecule has 0 fully saturated rings. The lowest BCUT2D eigenvalue weighted by atomic mass is 10.0. The van der Waals surface area contributed by atoms with Crippen molar-refractivity contribution in [2.45, 2.75) is 84.0 Å². The zero-order valence-corrected chi connectivity index (χ0v) is 19.1. The van der Waals surface area contributed by atoms with Gasteiger partial charge in [-0.25, -0.2) is 0 Å². The molecule has 0 aliphatic carbocycles. The monoisotopic (exact) mass is 422 g/mol. The molecule has 168 valence electrons. The molecule has 0 saturated heterocycles. The molecule has 2 rings (SSSR count). The number of Topliss-reactive ketones (excluding diaryl/α,β-unsaturated/α-hetero) is 1. The number of carbonyl (C=O) groups is 2. The van der Waals surface area contributed by atoms with Crippen LogP contribution in [0.25, 0.3) is 11.1 Å². The zero-order chi connectivity index (χ0) is 22.2. The first-order valence-corrected chi connectivity index (χ1v) is 12.0. The number of rotatable bonds is 16. The van der Waals surface area contributed by atoms with E-state index in [0.29, 0.717) is 12.0 Å². The quantitative estimate of drug-likeness (QED) is 0.158. The van der Waals surface area contributed by atoms with E-state index in [2.05, 4.69) is 6.92 Å². The molecule has 0 amide bonds. The van der Waals surface area contributed by atoms with Gasteiger partial charge < -0.3 is 4.74 Å². The van der Waals surface area contributed by atoms with E-state index >= 15 is 0 Å². The van der Waals surface area contributed by atoms with E-state index < -0.39 is 0 Å². The molecule has 0 radical (unpaired) electrons. The molecule has 0 atom stereocenters. The van der Waals surface area contributed by atoms with Crippen molar-refractivity contribution >= 4 is 11.8 Å². The number of ether oxygens (including phenoxy) is 1. The van der Waals surface area contributed by atoms with Crippen molar-refractivity contribution in [1.82, 2.24) is 0 Å². The third-order valence-electron chi connectivity index (χ3n) is 5.66. The third kappa shape index (κ3) is 10.4. The van der Waals surface area contributed by atoms with Gasteiger partial charge in [0.15, 0.2) is 12.4 Å². The molecule has 3 nitrogen and oxygen atoms in total. The van der Waals surface area contributed by atoms with Gasteiger partial charge in [0.2, 0.25) is 0 Å². The van der Waals surface area contributed by atoms with E-state index in [4.69, 9.17) is 4.74 Å². The minimum absolute atomic E-state index is 0.160. The summed E-state index contributed by atoms with van der Waals surface area (Å²) in [5.74, 6) is -0.433. The van der Waals surface area contributed by atoms with Crippen molar-refractivity contribution in [3.8, 4) is 11.1 Å². The average molecular weight is 423 g/mol. The lowest BCUT2D eigenvalue weighted by Crippen LogP contribution is -2.13. The van der Waals surface area contributed by atoms with Crippen LogP contribution in [0.2, 0.25) is 0 Å². The normalized spacial score (nSPS) is 10.7. The Kier molecular flexibility index (Phi) is 12.3. The Morgan fingerprint density at radius 3 is 1.74 bits per heavy atom. The fourth-order valence-electron chi connectivity index (χ4n) is 3.71. The van der Waals surface area contributed by atoms with Crippen LogP contribution in [0.15, 0.2) is 54.6 Å². The molecular weight excluding hydrogens is 384 g/mol. The Labute approximate surface area is 188 Å². The number of esters is 1. The first kappa shape index (κ1) is 24.8. The maximum Gasteiger partial charge on any atom is 0.306 e. The van der Waals surface area contributed by atoms with Crippen LogP contribution in [-0.4, -0.2) is 18.4 Å². The highest BCUT2D eigenvalue weighted by Crippen LogP contribution is 2.19. The van der Waals surface area contributed by atoms with Crippen LogP contribution in [0.3, 0.4) is 0 Å². The van der Waals surface area contributed by atoms with Gasteiger partial charge in [-0.3, -0.25) is 9.59 Å². The minimum Gasteiger partial charge on any atom is -0.457 e. The molecule has 0 bridgehead atoms. The van der Waals surface area contributed by atoms with Crippen molar-refractivity contribution in [2.24, 2.45) is 0 Å². The van der Waals surface area contributed by atoms with Gasteiger partial charge in [0.25, 0.3) is 0 Å². The lowest BCUT2D eigenvalue weighted by molar-refractivity contribution is -0.142. The van der Waals surface area contributed by atoms with Gasteiger partial charge in [0.1, 0.15) is 0 Å². The van der Waals surface area contributed by atoms with E-state index in [1.807, 2.05) is 42.5 Å². The summed E-state index contributed by atoms with van der Waals surface area (Å²) in [6.07, 6.45) is 14.1. The fraction of sp³-hybridized carbons (Fsp3) is 0.500. The molecule has 0 N–H and O–H groups in total. The number of carbonyl (C=O) groups excluding carboxylic acids is 2. The Balaban J connectivity index is 1.53. The van der Waals surface area contributed by atoms with Crippen LogP contribution >= 0.6 is 0 Å². The topological polar surface area (TPSA) is 43.4 Å². The Morgan fingerprint density at radius 2 is 1.16 bits per heavy atom. The Bertz CT molecular complexity index is 750. The van der Waals surface area contributed by atoms with Gasteiger partial charge >= 0.3 is 5.97 Å². The van der Waals surface area contributed by atoms with Crippen molar-refractivity contribution in [1.29, 1.82) is 0 Å². The maximum absolute atomic E-state index is 12.3. The van der Waals surface area contributed by atoms with E-state index in [1.54, 1.807) is 12.1 Å². The van der Waals surface area contributed by atoms with Gasteiger partial charge in [-0.2, -0.15) is 0 Å². The molecule has 31 heavy (non-hydrogen) atoms. The minimum atomic E-state index is -0.273. The van der Waals surface area contributed by atoms with E-state index in [1.165, 1.54) is 57.8 Å². The van der Waals surface area contributed by atoms with Gasteiger partial charge in [-0.05, 0) is 17.5 Å². The summed E-state index contributed by atoms with van der Waals surface area (Å²) < 4.78 is 5.18. The smallest absolute Gasteiger partial charge is 0.306 e. The van der Waals surface area contributed by atoms with Crippen LogP contribution in [0.4, 0.5) is 0 Å². The summed E-state index contributed by atoms with van der Waals surface area (Å²) in [5.41, 5.74) is 2.74. The summed E-state index contributed by atoms with van der Waals surface area (Å²) in [6, 6.07) is 17.5. The first-order chi connectivity index (χ1) is 15.2. The molecule has 0 aromatic heterocycles. The number of ketones is 1. The van der Waals surface area contributed by atoms with Crippen LogP contribution in [0, 0.1) is 0 Å². The molecule has 2 aromatic carbocycles. The second kappa shape index (κ2) is 15.4. The summed E-state index contributed by atoms with van der Waals surface area (Å²) >= 11 is 0. The summed E-state index contributed by atoms with van der Waals surface area (Å²) in [4.78, 5) is 24.2. The van der Waals surface area contributed by atoms with Gasteiger partial charge in [-0.1, -0.05) is 126 Å². The fourth-order valence-corrected chi connectivity index (χ4v) is 3.71. The highest BCUT2D eigenvalue weighted by atomic mass is 16.5. The highest BCUT2D eigenvalue weighted by Gasteiger charge is 2.10. The number of hydrogen-bond donors (Lipinski definition) is 0. The zero-order valence-electron chi connectivity index (χ0n) is 19.1. The van der Waals surface area contributed by atoms with E-state index in [0.717, 1.165) is 24.0 Å². The predicted molar refractivity (Wildman–Crippen MR) is 128 cm³/mol.